The van der Waals surface area contributed by atoms with Gasteiger partial charge < -0.3 is 47.4 Å². The second-order valence-corrected chi connectivity index (χ2v) is 8.48. The Bertz CT molecular complexity index is 524. The largest absolute Gasteiger partial charge is 0.466 e. The highest BCUT2D eigenvalue weighted by atomic mass is 16.6. The monoisotopic (exact) mass is 540 g/mol. The molecule has 220 valence electrons. The third-order valence-electron chi connectivity index (χ3n) is 4.00. The zero-order valence-electron chi connectivity index (χ0n) is 23.1. The average Bonchev–Trinajstić information content (AvgIpc) is 2.83. The molecule has 0 aromatic heterocycles. The maximum atomic E-state index is 11.5. The molecular weight excluding hydrogens is 492 g/mol. The second-order valence-electron chi connectivity index (χ2n) is 8.48. The van der Waals surface area contributed by atoms with Crippen molar-refractivity contribution in [2.75, 3.05) is 112 Å². The molecule has 0 radical (unpaired) electrons. The van der Waals surface area contributed by atoms with Crippen molar-refractivity contribution >= 4 is 11.9 Å². The second kappa shape index (κ2) is 26.2. The highest BCUT2D eigenvalue weighted by molar-refractivity contribution is 5.71. The van der Waals surface area contributed by atoms with Gasteiger partial charge in [-0.25, -0.2) is 4.79 Å². The number of hydrogen-bond donors (Lipinski definition) is 0. The van der Waals surface area contributed by atoms with Crippen molar-refractivity contribution in [1.29, 1.82) is 0 Å². The van der Waals surface area contributed by atoms with Gasteiger partial charge in [0.25, 0.3) is 0 Å². The lowest BCUT2D eigenvalue weighted by Crippen LogP contribution is -2.27. The zero-order chi connectivity index (χ0) is 27.5. The molecule has 0 amide bonds. The first kappa shape index (κ1) is 35.6. The summed E-state index contributed by atoms with van der Waals surface area (Å²) in [6, 6.07) is 0. The fraction of sp³-hybridized carbons (Fsp3) is 0.920. The van der Waals surface area contributed by atoms with Gasteiger partial charge in [0.2, 0.25) is 0 Å². The summed E-state index contributed by atoms with van der Waals surface area (Å²) in [5, 5.41) is 0. The van der Waals surface area contributed by atoms with Crippen molar-refractivity contribution < 1.29 is 57.0 Å². The third-order valence-corrected chi connectivity index (χ3v) is 4.00. The summed E-state index contributed by atoms with van der Waals surface area (Å²) < 4.78 is 52.8. The summed E-state index contributed by atoms with van der Waals surface area (Å²) >= 11 is 0. The van der Waals surface area contributed by atoms with E-state index < -0.39 is 5.60 Å². The van der Waals surface area contributed by atoms with Gasteiger partial charge in [-0.3, -0.25) is 4.79 Å². The first-order chi connectivity index (χ1) is 17.8. The summed E-state index contributed by atoms with van der Waals surface area (Å²) in [5.41, 5.74) is -0.510. The molecule has 0 aliphatic carbocycles. The molecule has 0 aromatic rings. The molecule has 0 saturated carbocycles. The van der Waals surface area contributed by atoms with Crippen molar-refractivity contribution in [3.05, 3.63) is 0 Å². The SMILES string of the molecule is CCOC(=O)CCOCCOCCOCCOCCOCCOCCOCCOCC(=O)OC(C)(C)C. The van der Waals surface area contributed by atoms with E-state index in [1.165, 1.54) is 0 Å². The molecule has 0 aromatic carbocycles. The predicted molar refractivity (Wildman–Crippen MR) is 134 cm³/mol. The Morgan fingerprint density at radius 1 is 0.486 bits per heavy atom. The van der Waals surface area contributed by atoms with Gasteiger partial charge in [-0.15, -0.1) is 0 Å². The molecule has 12 heteroatoms. The van der Waals surface area contributed by atoms with Gasteiger partial charge in [0.05, 0.1) is 112 Å². The molecule has 0 rings (SSSR count). The van der Waals surface area contributed by atoms with E-state index in [9.17, 15) is 9.59 Å². The minimum Gasteiger partial charge on any atom is -0.466 e. The number of carbonyl (C=O) groups is 2. The number of hydrogen-bond acceptors (Lipinski definition) is 12. The Hall–Kier alpha value is -1.38. The number of ether oxygens (including phenoxy) is 10. The van der Waals surface area contributed by atoms with Crippen LogP contribution in [0.5, 0.6) is 0 Å². The minimum absolute atomic E-state index is 0.0842. The van der Waals surface area contributed by atoms with Crippen LogP contribution in [-0.4, -0.2) is 130 Å². The molecular formula is C25H48O12. The third kappa shape index (κ3) is 30.7. The van der Waals surface area contributed by atoms with E-state index in [2.05, 4.69) is 0 Å². The summed E-state index contributed by atoms with van der Waals surface area (Å²) in [6.07, 6.45) is 0.254. The lowest BCUT2D eigenvalue weighted by molar-refractivity contribution is -0.160. The van der Waals surface area contributed by atoms with Crippen LogP contribution in [0.25, 0.3) is 0 Å². The smallest absolute Gasteiger partial charge is 0.332 e. The predicted octanol–water partition coefficient (Wildman–Crippen LogP) is 1.41. The van der Waals surface area contributed by atoms with E-state index in [0.717, 1.165) is 0 Å². The van der Waals surface area contributed by atoms with Gasteiger partial charge >= 0.3 is 11.9 Å². The minimum atomic E-state index is -0.510. The fourth-order valence-electron chi connectivity index (χ4n) is 2.45. The van der Waals surface area contributed by atoms with Gasteiger partial charge in [0.1, 0.15) is 12.2 Å². The highest BCUT2D eigenvalue weighted by Crippen LogP contribution is 2.06. The molecule has 0 fully saturated rings. The standard InChI is InChI=1S/C25H48O12/c1-5-36-23(26)6-7-28-8-9-29-10-11-30-12-13-31-14-15-32-16-17-33-18-19-34-20-21-35-22-24(27)37-25(2,3)4/h5-22H2,1-4H3. The van der Waals surface area contributed by atoms with Gasteiger partial charge in [-0.05, 0) is 27.7 Å². The molecule has 0 atom stereocenters. The molecule has 12 nitrogen and oxygen atoms in total. The lowest BCUT2D eigenvalue weighted by atomic mass is 10.2. The Labute approximate surface area is 221 Å². The highest BCUT2D eigenvalue weighted by Gasteiger charge is 2.15. The maximum absolute atomic E-state index is 11.5. The normalized spacial score (nSPS) is 11.6. The molecule has 0 unspecified atom stereocenters. The van der Waals surface area contributed by atoms with Crippen LogP contribution in [0.4, 0.5) is 0 Å². The molecule has 0 spiro atoms. The Morgan fingerprint density at radius 3 is 1.14 bits per heavy atom. The molecule has 0 aliphatic heterocycles. The van der Waals surface area contributed by atoms with Crippen LogP contribution in [0.1, 0.15) is 34.1 Å². The van der Waals surface area contributed by atoms with Crippen LogP contribution in [0.3, 0.4) is 0 Å². The molecule has 0 heterocycles. The van der Waals surface area contributed by atoms with Crippen molar-refractivity contribution in [2.24, 2.45) is 0 Å². The average molecular weight is 541 g/mol. The molecule has 37 heavy (non-hydrogen) atoms. The molecule has 0 aliphatic rings. The topological polar surface area (TPSA) is 126 Å². The van der Waals surface area contributed by atoms with Crippen LogP contribution in [0.2, 0.25) is 0 Å². The van der Waals surface area contributed by atoms with Crippen molar-refractivity contribution in [3.63, 3.8) is 0 Å². The van der Waals surface area contributed by atoms with E-state index in [4.69, 9.17) is 47.4 Å². The van der Waals surface area contributed by atoms with Gasteiger partial charge in [0.15, 0.2) is 0 Å². The van der Waals surface area contributed by atoms with Crippen molar-refractivity contribution in [2.45, 2.75) is 39.7 Å². The summed E-state index contributed by atoms with van der Waals surface area (Å²) in [6.45, 7) is 14.1. The Balaban J connectivity index is 3.13. The van der Waals surface area contributed by atoms with E-state index in [0.29, 0.717) is 106 Å². The molecule has 0 N–H and O–H groups in total. The van der Waals surface area contributed by atoms with E-state index in [1.54, 1.807) is 6.92 Å². The molecule has 0 saturated heterocycles. The first-order valence-electron chi connectivity index (χ1n) is 12.8. The van der Waals surface area contributed by atoms with Crippen molar-refractivity contribution in [1.82, 2.24) is 0 Å². The van der Waals surface area contributed by atoms with Crippen molar-refractivity contribution in [3.8, 4) is 0 Å². The fourth-order valence-corrected chi connectivity index (χ4v) is 2.45. The summed E-state index contributed by atoms with van der Waals surface area (Å²) in [7, 11) is 0. The van der Waals surface area contributed by atoms with E-state index in [-0.39, 0.29) is 25.0 Å². The Morgan fingerprint density at radius 2 is 0.811 bits per heavy atom. The van der Waals surface area contributed by atoms with E-state index >= 15 is 0 Å². The number of esters is 2. The van der Waals surface area contributed by atoms with E-state index in [1.807, 2.05) is 20.8 Å². The van der Waals surface area contributed by atoms with Gasteiger partial charge in [-0.1, -0.05) is 0 Å². The zero-order valence-corrected chi connectivity index (χ0v) is 23.1. The van der Waals surface area contributed by atoms with Crippen LogP contribution < -0.4 is 0 Å². The number of carbonyl (C=O) groups excluding carboxylic acids is 2. The summed E-state index contributed by atoms with van der Waals surface area (Å²) in [4.78, 5) is 22.6. The van der Waals surface area contributed by atoms with Gasteiger partial charge in [-0.2, -0.15) is 0 Å². The quantitative estimate of drug-likeness (QED) is 0.110. The van der Waals surface area contributed by atoms with Crippen LogP contribution in [0, 0.1) is 0 Å². The van der Waals surface area contributed by atoms with Crippen LogP contribution in [0.15, 0.2) is 0 Å². The van der Waals surface area contributed by atoms with Gasteiger partial charge in [0, 0.05) is 0 Å². The Kier molecular flexibility index (Phi) is 25.3. The first-order valence-corrected chi connectivity index (χ1v) is 12.8. The maximum Gasteiger partial charge on any atom is 0.332 e. The van der Waals surface area contributed by atoms with Crippen LogP contribution in [-0.2, 0) is 57.0 Å². The lowest BCUT2D eigenvalue weighted by Gasteiger charge is -2.19. The van der Waals surface area contributed by atoms with Crippen LogP contribution >= 0.6 is 0 Å². The summed E-state index contributed by atoms with van der Waals surface area (Å²) in [5.74, 6) is -0.643. The number of rotatable bonds is 27. The molecule has 0 bridgehead atoms.